The number of rotatable bonds is 0. The van der Waals surface area contributed by atoms with Crippen molar-refractivity contribution < 1.29 is 35.1 Å². The highest BCUT2D eigenvalue weighted by Crippen LogP contribution is 2.56. The first-order chi connectivity index (χ1) is 6.46. The zero-order valence-corrected chi connectivity index (χ0v) is 6.89. The zero-order chi connectivity index (χ0) is 12.1. The Bertz CT molecular complexity index is 288. The minimum Gasteiger partial charge on any atom is -0.222 e. The molecule has 0 aromatic rings. The summed E-state index contributed by atoms with van der Waals surface area (Å²) in [6.07, 6.45) is -8.21. The minimum absolute atomic E-state index is 0.0604. The molecule has 0 radical (unpaired) electrons. The van der Waals surface area contributed by atoms with Crippen LogP contribution in [0.2, 0.25) is 0 Å². The van der Waals surface area contributed by atoms with Gasteiger partial charge in [0.1, 0.15) is 0 Å². The fraction of sp³-hybridized carbons (Fsp3) is 0.714. The molecule has 8 heteroatoms. The van der Waals surface area contributed by atoms with E-state index in [2.05, 4.69) is 0 Å². The molecule has 0 fully saturated rings. The third-order valence-electron chi connectivity index (χ3n) is 2.05. The van der Waals surface area contributed by atoms with Crippen LogP contribution in [0.3, 0.4) is 0 Å². The smallest absolute Gasteiger partial charge is 0.222 e. The van der Waals surface area contributed by atoms with E-state index in [0.29, 0.717) is 0 Å². The van der Waals surface area contributed by atoms with Gasteiger partial charge < -0.3 is 0 Å². The molecule has 0 saturated carbocycles. The first-order valence-corrected chi connectivity index (χ1v) is 3.65. The van der Waals surface area contributed by atoms with E-state index >= 15 is 0 Å². The van der Waals surface area contributed by atoms with Gasteiger partial charge in [-0.3, -0.25) is 0 Å². The van der Waals surface area contributed by atoms with Crippen molar-refractivity contribution >= 4 is 0 Å². The predicted octanol–water partition coefficient (Wildman–Crippen LogP) is 3.49. The van der Waals surface area contributed by atoms with Crippen LogP contribution in [0.25, 0.3) is 0 Å². The Morgan fingerprint density at radius 3 is 1.73 bits per heavy atom. The summed E-state index contributed by atoms with van der Waals surface area (Å²) in [5, 5.41) is 0. The molecule has 1 unspecified atom stereocenters. The van der Waals surface area contributed by atoms with Crippen LogP contribution in [-0.2, 0) is 0 Å². The third-order valence-corrected chi connectivity index (χ3v) is 2.05. The molecule has 1 aliphatic rings. The second-order valence-corrected chi connectivity index (χ2v) is 3.09. The van der Waals surface area contributed by atoms with Crippen molar-refractivity contribution in [1.82, 2.24) is 0 Å². The standard InChI is InChI=1S/C7H4F8/c8-4(7(13,14)15)2-1-3-5(9,10)6(4,11)12/h1-2H,3H2. The van der Waals surface area contributed by atoms with Crippen LogP contribution in [0, 0.1) is 0 Å². The maximum atomic E-state index is 12.9. The average Bonchev–Trinajstić information content (AvgIpc) is 1.98. The molecule has 1 atom stereocenters. The number of halogens is 8. The lowest BCUT2D eigenvalue weighted by Crippen LogP contribution is -2.63. The van der Waals surface area contributed by atoms with Crippen molar-refractivity contribution in [2.45, 2.75) is 30.1 Å². The highest BCUT2D eigenvalue weighted by Gasteiger charge is 2.79. The molecule has 0 saturated heterocycles. The van der Waals surface area contributed by atoms with Gasteiger partial charge in [-0.25, -0.2) is 4.39 Å². The molecular weight excluding hydrogens is 236 g/mol. The molecule has 1 rings (SSSR count). The summed E-state index contributed by atoms with van der Waals surface area (Å²) in [5.41, 5.74) is -5.32. The van der Waals surface area contributed by atoms with Crippen molar-refractivity contribution in [3.05, 3.63) is 12.2 Å². The van der Waals surface area contributed by atoms with Crippen molar-refractivity contribution in [2.24, 2.45) is 0 Å². The molecule has 15 heavy (non-hydrogen) atoms. The average molecular weight is 240 g/mol. The van der Waals surface area contributed by atoms with Gasteiger partial charge in [0.15, 0.2) is 0 Å². The molecule has 88 valence electrons. The van der Waals surface area contributed by atoms with E-state index in [0.717, 1.165) is 0 Å². The molecular formula is C7H4F8. The molecule has 0 aliphatic heterocycles. The van der Waals surface area contributed by atoms with Crippen LogP contribution in [0.5, 0.6) is 0 Å². The lowest BCUT2D eigenvalue weighted by molar-refractivity contribution is -0.340. The fourth-order valence-electron chi connectivity index (χ4n) is 1.14. The Labute approximate surface area is 78.6 Å². The van der Waals surface area contributed by atoms with Crippen molar-refractivity contribution in [1.29, 1.82) is 0 Å². The fourth-order valence-corrected chi connectivity index (χ4v) is 1.14. The van der Waals surface area contributed by atoms with Crippen LogP contribution in [-0.4, -0.2) is 23.7 Å². The largest absolute Gasteiger partial charge is 0.432 e. The Balaban J connectivity index is 3.32. The summed E-state index contributed by atoms with van der Waals surface area (Å²) >= 11 is 0. The lowest BCUT2D eigenvalue weighted by Gasteiger charge is -2.39. The summed E-state index contributed by atoms with van der Waals surface area (Å²) in [5.74, 6) is -10.8. The van der Waals surface area contributed by atoms with E-state index in [-0.39, 0.29) is 6.08 Å². The molecule has 0 spiro atoms. The second kappa shape index (κ2) is 2.85. The Hall–Kier alpha value is -0.820. The first kappa shape index (κ1) is 12.3. The molecule has 0 aromatic carbocycles. The SMILES string of the molecule is FC(F)(F)C1(F)C=CCC(F)(F)C1(F)F. The Morgan fingerprint density at radius 1 is 0.933 bits per heavy atom. The number of hydrogen-bond donors (Lipinski definition) is 0. The second-order valence-electron chi connectivity index (χ2n) is 3.09. The van der Waals surface area contributed by atoms with Gasteiger partial charge in [0.2, 0.25) is 0 Å². The summed E-state index contributed by atoms with van der Waals surface area (Å²) in [4.78, 5) is 0. The summed E-state index contributed by atoms with van der Waals surface area (Å²) < 4.78 is 98.9. The summed E-state index contributed by atoms with van der Waals surface area (Å²) in [7, 11) is 0. The van der Waals surface area contributed by atoms with Crippen molar-refractivity contribution in [3.8, 4) is 0 Å². The van der Waals surface area contributed by atoms with E-state index in [1.807, 2.05) is 0 Å². The molecule has 0 heterocycles. The van der Waals surface area contributed by atoms with Crippen LogP contribution < -0.4 is 0 Å². The van der Waals surface area contributed by atoms with Crippen molar-refractivity contribution in [2.75, 3.05) is 0 Å². The zero-order valence-electron chi connectivity index (χ0n) is 6.89. The van der Waals surface area contributed by atoms with Gasteiger partial charge in [0.05, 0.1) is 0 Å². The monoisotopic (exact) mass is 240 g/mol. The van der Waals surface area contributed by atoms with Crippen molar-refractivity contribution in [3.63, 3.8) is 0 Å². The molecule has 0 amide bonds. The van der Waals surface area contributed by atoms with Gasteiger partial charge in [0, 0.05) is 6.42 Å². The van der Waals surface area contributed by atoms with Gasteiger partial charge in [-0.05, 0) is 6.08 Å². The van der Waals surface area contributed by atoms with Gasteiger partial charge >= 0.3 is 18.0 Å². The predicted molar refractivity (Wildman–Crippen MR) is 33.5 cm³/mol. The normalized spacial score (nSPS) is 34.1. The van der Waals surface area contributed by atoms with Gasteiger partial charge in [-0.15, -0.1) is 0 Å². The van der Waals surface area contributed by atoms with E-state index in [4.69, 9.17) is 0 Å². The summed E-state index contributed by atoms with van der Waals surface area (Å²) in [6, 6.07) is 0. The van der Waals surface area contributed by atoms with E-state index in [1.165, 1.54) is 0 Å². The van der Waals surface area contributed by atoms with Gasteiger partial charge in [-0.2, -0.15) is 30.7 Å². The van der Waals surface area contributed by atoms with Crippen LogP contribution in [0.1, 0.15) is 6.42 Å². The van der Waals surface area contributed by atoms with Crippen LogP contribution >= 0.6 is 0 Å². The van der Waals surface area contributed by atoms with Gasteiger partial charge in [-0.1, -0.05) is 6.08 Å². The number of hydrogen-bond acceptors (Lipinski definition) is 0. The van der Waals surface area contributed by atoms with E-state index in [9.17, 15) is 35.1 Å². The van der Waals surface area contributed by atoms with Crippen LogP contribution in [0.15, 0.2) is 12.2 Å². The summed E-state index contributed by atoms with van der Waals surface area (Å²) in [6.45, 7) is 0. The maximum Gasteiger partial charge on any atom is 0.432 e. The highest BCUT2D eigenvalue weighted by molar-refractivity contribution is 5.22. The highest BCUT2D eigenvalue weighted by atomic mass is 19.4. The quantitative estimate of drug-likeness (QED) is 0.449. The number of allylic oxidation sites excluding steroid dienone is 2. The molecule has 0 N–H and O–H groups in total. The van der Waals surface area contributed by atoms with Gasteiger partial charge in [0.25, 0.3) is 5.67 Å². The number of alkyl halides is 8. The Morgan fingerprint density at radius 2 is 1.40 bits per heavy atom. The molecule has 0 bridgehead atoms. The third kappa shape index (κ3) is 1.41. The first-order valence-electron chi connectivity index (χ1n) is 3.65. The maximum absolute atomic E-state index is 12.9. The Kier molecular flexibility index (Phi) is 2.33. The van der Waals surface area contributed by atoms with E-state index < -0.39 is 36.2 Å². The topological polar surface area (TPSA) is 0 Å². The van der Waals surface area contributed by atoms with Crippen LogP contribution in [0.4, 0.5) is 35.1 Å². The lowest BCUT2D eigenvalue weighted by atomic mass is 9.85. The molecule has 0 aromatic heterocycles. The van der Waals surface area contributed by atoms with E-state index in [1.54, 1.807) is 0 Å². The molecule has 1 aliphatic carbocycles. The minimum atomic E-state index is -6.09. The molecule has 0 nitrogen and oxygen atoms in total.